The molecule has 4 rings (SSSR count). The summed E-state index contributed by atoms with van der Waals surface area (Å²) < 4.78 is 29.7. The van der Waals surface area contributed by atoms with Gasteiger partial charge in [-0.25, -0.2) is 8.42 Å². The molecule has 0 atom stereocenters. The summed E-state index contributed by atoms with van der Waals surface area (Å²) in [6, 6.07) is 19.5. The lowest BCUT2D eigenvalue weighted by Gasteiger charge is -2.19. The largest absolute Gasteiger partial charge is 0.508 e. The third-order valence-corrected chi connectivity index (χ3v) is 7.18. The van der Waals surface area contributed by atoms with E-state index in [4.69, 9.17) is 0 Å². The Bertz CT molecular complexity index is 1200. The fourth-order valence-electron chi connectivity index (χ4n) is 2.98. The summed E-state index contributed by atoms with van der Waals surface area (Å²) in [5.41, 5.74) is 1.92. The molecule has 148 valence electrons. The van der Waals surface area contributed by atoms with Crippen LogP contribution in [0.1, 0.15) is 5.56 Å². The molecule has 0 aliphatic heterocycles. The number of phenolic OH excluding ortho intramolecular Hbond substituents is 1. The summed E-state index contributed by atoms with van der Waals surface area (Å²) >= 11 is 1.44. The maximum Gasteiger partial charge on any atom is 0.267 e. The summed E-state index contributed by atoms with van der Waals surface area (Å²) in [5, 5.41) is 16.0. The lowest BCUT2D eigenvalue weighted by atomic mass is 10.2. The van der Waals surface area contributed by atoms with Gasteiger partial charge in [0.15, 0.2) is 0 Å². The fourth-order valence-corrected chi connectivity index (χ4v) is 5.11. The summed E-state index contributed by atoms with van der Waals surface area (Å²) in [6.45, 7) is 0.470. The van der Waals surface area contributed by atoms with Gasteiger partial charge in [0.2, 0.25) is 0 Å². The lowest BCUT2D eigenvalue weighted by Crippen LogP contribution is -2.26. The zero-order chi connectivity index (χ0) is 20.4. The van der Waals surface area contributed by atoms with Crippen molar-refractivity contribution in [3.05, 3.63) is 83.9 Å². The highest BCUT2D eigenvalue weighted by Gasteiger charge is 2.28. The van der Waals surface area contributed by atoms with Crippen LogP contribution < -0.4 is 4.31 Å². The number of thiophene rings is 1. The molecule has 29 heavy (non-hydrogen) atoms. The minimum Gasteiger partial charge on any atom is -0.508 e. The normalized spacial score (nSPS) is 11.5. The summed E-state index contributed by atoms with van der Waals surface area (Å²) in [7, 11) is -2.36. The zero-order valence-electron chi connectivity index (χ0n) is 15.6. The number of aromatic hydroxyl groups is 1. The van der Waals surface area contributed by atoms with Gasteiger partial charge >= 0.3 is 0 Å². The van der Waals surface area contributed by atoms with Gasteiger partial charge in [-0.3, -0.25) is 8.99 Å². The first kappa shape index (κ1) is 19.2. The van der Waals surface area contributed by atoms with E-state index in [1.54, 1.807) is 23.0 Å². The van der Waals surface area contributed by atoms with Crippen LogP contribution in [-0.4, -0.2) is 30.4 Å². The van der Waals surface area contributed by atoms with E-state index in [1.165, 1.54) is 34.8 Å². The molecule has 6 nitrogen and oxygen atoms in total. The number of sulfonamides is 1. The lowest BCUT2D eigenvalue weighted by molar-refractivity contribution is 0.475. The molecule has 1 N–H and O–H groups in total. The monoisotopic (exact) mass is 425 g/mol. The van der Waals surface area contributed by atoms with Gasteiger partial charge in [-0.2, -0.15) is 5.10 Å². The van der Waals surface area contributed by atoms with Crippen LogP contribution in [0.2, 0.25) is 0 Å². The van der Waals surface area contributed by atoms with Gasteiger partial charge in [0.25, 0.3) is 10.0 Å². The molecule has 0 unspecified atom stereocenters. The quantitative estimate of drug-likeness (QED) is 0.503. The Balaban J connectivity index is 1.77. The van der Waals surface area contributed by atoms with Crippen molar-refractivity contribution >= 4 is 27.0 Å². The third kappa shape index (κ3) is 3.90. The van der Waals surface area contributed by atoms with Crippen molar-refractivity contribution in [1.29, 1.82) is 0 Å². The number of phenols is 1. The van der Waals surface area contributed by atoms with Gasteiger partial charge in [-0.1, -0.05) is 36.4 Å². The van der Waals surface area contributed by atoms with E-state index < -0.39 is 10.0 Å². The highest BCUT2D eigenvalue weighted by Crippen LogP contribution is 2.33. The third-order valence-electron chi connectivity index (χ3n) is 4.52. The molecule has 0 aliphatic carbocycles. The topological polar surface area (TPSA) is 75.4 Å². The van der Waals surface area contributed by atoms with Crippen molar-refractivity contribution < 1.29 is 13.5 Å². The molecule has 0 aliphatic rings. The minimum atomic E-state index is -3.86. The molecule has 0 spiro atoms. The predicted octanol–water partition coefficient (Wildman–Crippen LogP) is 4.19. The highest BCUT2D eigenvalue weighted by atomic mass is 32.2. The predicted molar refractivity (Wildman–Crippen MR) is 115 cm³/mol. The minimum absolute atomic E-state index is 0.0782. The Kier molecular flexibility index (Phi) is 5.12. The Labute approximate surface area is 173 Å². The Morgan fingerprint density at radius 1 is 1.03 bits per heavy atom. The SMILES string of the molecule is CN(c1ccc(O)cc1)S(=O)(=O)c1cn(Cc2ccccc2)nc1-c1cccs1. The molecule has 4 aromatic rings. The zero-order valence-corrected chi connectivity index (χ0v) is 17.3. The molecular weight excluding hydrogens is 406 g/mol. The molecule has 0 bridgehead atoms. The molecule has 2 aromatic heterocycles. The molecular formula is C21H19N3O3S2. The van der Waals surface area contributed by atoms with Crippen molar-refractivity contribution in [3.63, 3.8) is 0 Å². The number of benzene rings is 2. The van der Waals surface area contributed by atoms with E-state index in [-0.39, 0.29) is 10.6 Å². The first-order chi connectivity index (χ1) is 13.9. The van der Waals surface area contributed by atoms with Gasteiger partial charge in [-0.15, -0.1) is 11.3 Å². The van der Waals surface area contributed by atoms with Crippen molar-refractivity contribution in [2.45, 2.75) is 11.4 Å². The Morgan fingerprint density at radius 3 is 2.41 bits per heavy atom. The second kappa shape index (κ2) is 7.73. The van der Waals surface area contributed by atoms with Crippen molar-refractivity contribution in [3.8, 4) is 16.3 Å². The van der Waals surface area contributed by atoms with Gasteiger partial charge in [0.05, 0.1) is 17.1 Å². The fraction of sp³-hybridized carbons (Fsp3) is 0.0952. The van der Waals surface area contributed by atoms with E-state index in [0.29, 0.717) is 17.9 Å². The Hall–Kier alpha value is -3.10. The van der Waals surface area contributed by atoms with Crippen LogP contribution in [-0.2, 0) is 16.6 Å². The number of hydrogen-bond acceptors (Lipinski definition) is 5. The van der Waals surface area contributed by atoms with Crippen LogP contribution in [0.15, 0.2) is 83.2 Å². The molecule has 0 saturated heterocycles. The first-order valence-corrected chi connectivity index (χ1v) is 11.2. The van der Waals surface area contributed by atoms with Crippen molar-refractivity contribution in [2.75, 3.05) is 11.4 Å². The number of rotatable bonds is 6. The van der Waals surface area contributed by atoms with Crippen LogP contribution >= 0.6 is 11.3 Å². The van der Waals surface area contributed by atoms with E-state index in [9.17, 15) is 13.5 Å². The van der Waals surface area contributed by atoms with Gasteiger partial charge in [0, 0.05) is 13.2 Å². The van der Waals surface area contributed by atoms with E-state index in [2.05, 4.69) is 5.10 Å². The molecule has 0 amide bonds. The average molecular weight is 426 g/mol. The van der Waals surface area contributed by atoms with Crippen LogP contribution in [0.5, 0.6) is 5.75 Å². The van der Waals surface area contributed by atoms with E-state index in [1.807, 2.05) is 47.8 Å². The Morgan fingerprint density at radius 2 is 1.76 bits per heavy atom. The molecule has 0 radical (unpaired) electrons. The number of hydrogen-bond donors (Lipinski definition) is 1. The summed E-state index contributed by atoms with van der Waals surface area (Å²) in [5.74, 6) is 0.0782. The van der Waals surface area contributed by atoms with Gasteiger partial charge in [0.1, 0.15) is 16.3 Å². The second-order valence-corrected chi connectivity index (χ2v) is 9.38. The number of aromatic nitrogens is 2. The first-order valence-electron chi connectivity index (χ1n) is 8.88. The van der Waals surface area contributed by atoms with Crippen LogP contribution in [0.25, 0.3) is 10.6 Å². The summed E-state index contributed by atoms with van der Waals surface area (Å²) in [4.78, 5) is 0.931. The van der Waals surface area contributed by atoms with Gasteiger partial charge in [-0.05, 0) is 41.3 Å². The molecule has 0 saturated carbocycles. The highest BCUT2D eigenvalue weighted by molar-refractivity contribution is 7.93. The van der Waals surface area contributed by atoms with Crippen LogP contribution in [0, 0.1) is 0 Å². The van der Waals surface area contributed by atoms with Crippen molar-refractivity contribution in [2.24, 2.45) is 0 Å². The number of nitrogens with zero attached hydrogens (tertiary/aromatic N) is 3. The second-order valence-electron chi connectivity index (χ2n) is 6.49. The molecule has 2 aromatic carbocycles. The van der Waals surface area contributed by atoms with Gasteiger partial charge < -0.3 is 5.11 Å². The average Bonchev–Trinajstić information content (AvgIpc) is 3.39. The maximum absolute atomic E-state index is 13.4. The van der Waals surface area contributed by atoms with Crippen molar-refractivity contribution in [1.82, 2.24) is 9.78 Å². The van der Waals surface area contributed by atoms with Crippen LogP contribution in [0.4, 0.5) is 5.69 Å². The van der Waals surface area contributed by atoms with E-state index in [0.717, 1.165) is 10.4 Å². The maximum atomic E-state index is 13.4. The summed E-state index contributed by atoms with van der Waals surface area (Å²) in [6.07, 6.45) is 1.58. The smallest absolute Gasteiger partial charge is 0.267 e. The standard InChI is InChI=1S/C21H19N3O3S2/c1-23(17-9-11-18(25)12-10-17)29(26,27)20-15-24(14-16-6-3-2-4-7-16)22-21(20)19-8-5-13-28-19/h2-13,15,25H,14H2,1H3. The molecule has 8 heteroatoms. The van der Waals surface area contributed by atoms with E-state index >= 15 is 0 Å². The molecule has 0 fully saturated rings. The molecule has 2 heterocycles. The van der Waals surface area contributed by atoms with Crippen LogP contribution in [0.3, 0.4) is 0 Å². The number of anilines is 1.